The van der Waals surface area contributed by atoms with E-state index in [1.165, 1.54) is 19.1 Å². The lowest BCUT2D eigenvalue weighted by molar-refractivity contribution is -0.233. The second-order valence-corrected chi connectivity index (χ2v) is 9.51. The average Bonchev–Trinajstić information content (AvgIpc) is 2.92. The lowest BCUT2D eigenvalue weighted by atomic mass is 9.75. The van der Waals surface area contributed by atoms with Gasteiger partial charge in [0.15, 0.2) is 0 Å². The van der Waals surface area contributed by atoms with Gasteiger partial charge in [0.25, 0.3) is 0 Å². The molecule has 0 aliphatic carbocycles. The van der Waals surface area contributed by atoms with E-state index in [0.717, 1.165) is 6.07 Å². The molecule has 0 aromatic heterocycles. The smallest absolute Gasteiger partial charge is 0.399 e. The molecule has 0 saturated carbocycles. The third-order valence-corrected chi connectivity index (χ3v) is 6.82. The molecule has 2 heterocycles. The summed E-state index contributed by atoms with van der Waals surface area (Å²) in [4.78, 5) is 0. The highest BCUT2D eigenvalue weighted by atomic mass is 19.4. The van der Waals surface area contributed by atoms with E-state index in [0.29, 0.717) is 0 Å². The minimum absolute atomic E-state index is 0.165. The fraction of sp³-hybridized carbons (Fsp3) is 0.714. The zero-order valence-corrected chi connectivity index (χ0v) is 18.6. The van der Waals surface area contributed by atoms with E-state index in [-0.39, 0.29) is 11.0 Å². The zero-order chi connectivity index (χ0) is 24.2. The minimum Gasteiger partial charge on any atom is -0.399 e. The van der Waals surface area contributed by atoms with Crippen LogP contribution in [0.3, 0.4) is 0 Å². The van der Waals surface area contributed by atoms with Crippen molar-refractivity contribution in [1.82, 2.24) is 0 Å². The standard InChI is InChI=1S/C21H30BF3O7/c1-10(18-17(29)16(28)15(27)14(9-26)30-18)12-7-6-11(8-13(12)21(23,24)25)22-31-19(2,3)20(4,5)32-22/h6-8,10,14-18,26-29H,9H2,1-5H3. The maximum atomic E-state index is 14.0. The van der Waals surface area contributed by atoms with Gasteiger partial charge in [0.1, 0.15) is 24.4 Å². The molecule has 7 nitrogen and oxygen atoms in total. The molecular weight excluding hydrogens is 432 g/mol. The largest absolute Gasteiger partial charge is 0.494 e. The molecule has 2 fully saturated rings. The topological polar surface area (TPSA) is 109 Å². The van der Waals surface area contributed by atoms with Gasteiger partial charge in [-0.05, 0) is 44.8 Å². The quantitative estimate of drug-likeness (QED) is 0.494. The lowest BCUT2D eigenvalue weighted by Crippen LogP contribution is -2.59. The number of hydrogen-bond acceptors (Lipinski definition) is 7. The van der Waals surface area contributed by atoms with Crippen LogP contribution in [0.15, 0.2) is 18.2 Å². The Morgan fingerprint density at radius 1 is 1.00 bits per heavy atom. The molecule has 4 N–H and O–H groups in total. The molecule has 2 aliphatic rings. The van der Waals surface area contributed by atoms with Crippen LogP contribution < -0.4 is 5.46 Å². The first-order valence-electron chi connectivity index (χ1n) is 10.5. The van der Waals surface area contributed by atoms with Crippen LogP contribution in [0.1, 0.15) is 51.7 Å². The van der Waals surface area contributed by atoms with Crippen molar-refractivity contribution >= 4 is 12.6 Å². The van der Waals surface area contributed by atoms with Crippen molar-refractivity contribution < 1.29 is 47.6 Å². The Kier molecular flexibility index (Phi) is 6.78. The molecule has 2 saturated heterocycles. The summed E-state index contributed by atoms with van der Waals surface area (Å²) in [7, 11) is -0.988. The molecule has 32 heavy (non-hydrogen) atoms. The third kappa shape index (κ3) is 4.44. The summed E-state index contributed by atoms with van der Waals surface area (Å²) < 4.78 is 59.2. The SMILES string of the molecule is CC(c1ccc(B2OC(C)(C)C(C)(C)O2)cc1C(F)(F)F)C1OC(CO)C(O)C(O)C1O. The Hall–Kier alpha value is -1.21. The van der Waals surface area contributed by atoms with Crippen LogP contribution >= 0.6 is 0 Å². The van der Waals surface area contributed by atoms with Crippen LogP contribution in [-0.2, 0) is 20.2 Å². The van der Waals surface area contributed by atoms with Crippen molar-refractivity contribution in [3.63, 3.8) is 0 Å². The molecule has 6 atom stereocenters. The average molecular weight is 462 g/mol. The predicted molar refractivity (Wildman–Crippen MR) is 109 cm³/mol. The summed E-state index contributed by atoms with van der Waals surface area (Å²) >= 11 is 0. The van der Waals surface area contributed by atoms with Crippen LogP contribution in [-0.4, -0.2) is 75.9 Å². The van der Waals surface area contributed by atoms with Crippen molar-refractivity contribution in [2.24, 2.45) is 0 Å². The van der Waals surface area contributed by atoms with E-state index in [1.807, 2.05) is 0 Å². The second kappa shape index (κ2) is 8.54. The first kappa shape index (κ1) is 25.4. The van der Waals surface area contributed by atoms with Crippen molar-refractivity contribution in [2.75, 3.05) is 6.61 Å². The monoisotopic (exact) mass is 462 g/mol. The highest BCUT2D eigenvalue weighted by molar-refractivity contribution is 6.62. The molecule has 6 unspecified atom stereocenters. The van der Waals surface area contributed by atoms with E-state index in [4.69, 9.17) is 14.0 Å². The van der Waals surface area contributed by atoms with Crippen molar-refractivity contribution in [3.8, 4) is 0 Å². The number of benzene rings is 1. The summed E-state index contributed by atoms with van der Waals surface area (Å²) in [5.41, 5.74) is -2.37. The Balaban J connectivity index is 1.97. The van der Waals surface area contributed by atoms with Crippen LogP contribution in [0, 0.1) is 0 Å². The van der Waals surface area contributed by atoms with Crippen LogP contribution in [0.25, 0.3) is 0 Å². The summed E-state index contributed by atoms with van der Waals surface area (Å²) in [6.07, 6.45) is -12.1. The van der Waals surface area contributed by atoms with Crippen LogP contribution in [0.5, 0.6) is 0 Å². The van der Waals surface area contributed by atoms with Gasteiger partial charge in [-0.1, -0.05) is 19.1 Å². The molecule has 11 heteroatoms. The number of rotatable bonds is 4. The number of aliphatic hydroxyl groups excluding tert-OH is 4. The molecule has 3 rings (SSSR count). The second-order valence-electron chi connectivity index (χ2n) is 9.51. The molecule has 0 spiro atoms. The molecule has 2 aliphatic heterocycles. The maximum Gasteiger partial charge on any atom is 0.494 e. The summed E-state index contributed by atoms with van der Waals surface area (Å²) in [5, 5.41) is 39.7. The van der Waals surface area contributed by atoms with Gasteiger partial charge in [0, 0.05) is 5.92 Å². The summed E-state index contributed by atoms with van der Waals surface area (Å²) in [5.74, 6) is -1.02. The van der Waals surface area contributed by atoms with Crippen molar-refractivity contribution in [3.05, 3.63) is 29.3 Å². The van der Waals surface area contributed by atoms with E-state index in [2.05, 4.69) is 0 Å². The lowest BCUT2D eigenvalue weighted by Gasteiger charge is -2.42. The Labute approximate surface area is 185 Å². The number of hydrogen-bond donors (Lipinski definition) is 4. The Morgan fingerprint density at radius 3 is 2.06 bits per heavy atom. The minimum atomic E-state index is -4.72. The van der Waals surface area contributed by atoms with Crippen LogP contribution in [0.2, 0.25) is 0 Å². The van der Waals surface area contributed by atoms with Gasteiger partial charge >= 0.3 is 13.3 Å². The summed E-state index contributed by atoms with van der Waals surface area (Å²) in [6.45, 7) is 7.95. The van der Waals surface area contributed by atoms with Gasteiger partial charge < -0.3 is 34.5 Å². The zero-order valence-electron chi connectivity index (χ0n) is 18.6. The predicted octanol–water partition coefficient (Wildman–Crippen LogP) is 0.950. The number of alkyl halides is 3. The maximum absolute atomic E-state index is 14.0. The molecule has 0 radical (unpaired) electrons. The van der Waals surface area contributed by atoms with Gasteiger partial charge in [-0.3, -0.25) is 0 Å². The van der Waals surface area contributed by atoms with E-state index < -0.39 is 73.1 Å². The Morgan fingerprint density at radius 2 is 1.56 bits per heavy atom. The number of aliphatic hydroxyl groups is 4. The molecule has 1 aromatic rings. The van der Waals surface area contributed by atoms with Gasteiger partial charge in [0.05, 0.1) is 29.5 Å². The normalized spacial score (nSPS) is 33.4. The first-order chi connectivity index (χ1) is 14.6. The third-order valence-electron chi connectivity index (χ3n) is 6.82. The van der Waals surface area contributed by atoms with E-state index >= 15 is 0 Å². The molecule has 1 aromatic carbocycles. The van der Waals surface area contributed by atoms with Gasteiger partial charge in [-0.2, -0.15) is 13.2 Å². The van der Waals surface area contributed by atoms with E-state index in [1.54, 1.807) is 27.7 Å². The molecule has 180 valence electrons. The van der Waals surface area contributed by atoms with Crippen molar-refractivity contribution in [1.29, 1.82) is 0 Å². The molecule has 0 bridgehead atoms. The summed E-state index contributed by atoms with van der Waals surface area (Å²) in [6, 6.07) is 3.69. The fourth-order valence-corrected chi connectivity index (χ4v) is 4.06. The van der Waals surface area contributed by atoms with Gasteiger partial charge in [0.2, 0.25) is 0 Å². The molecular formula is C21H30BF3O7. The van der Waals surface area contributed by atoms with E-state index in [9.17, 15) is 33.6 Å². The van der Waals surface area contributed by atoms with Gasteiger partial charge in [-0.15, -0.1) is 0 Å². The van der Waals surface area contributed by atoms with Gasteiger partial charge in [-0.25, -0.2) is 0 Å². The molecule has 0 amide bonds. The van der Waals surface area contributed by atoms with Crippen molar-refractivity contribution in [2.45, 2.75) is 88.4 Å². The first-order valence-corrected chi connectivity index (χ1v) is 10.5. The highest BCUT2D eigenvalue weighted by Gasteiger charge is 2.52. The highest BCUT2D eigenvalue weighted by Crippen LogP contribution is 2.40. The fourth-order valence-electron chi connectivity index (χ4n) is 4.06. The number of ether oxygens (including phenoxy) is 1. The van der Waals surface area contributed by atoms with Crippen LogP contribution in [0.4, 0.5) is 13.2 Å². The number of halogens is 3. The Bertz CT molecular complexity index is 814.